The third kappa shape index (κ3) is 2.85. The molecule has 3 nitrogen and oxygen atoms in total. The number of methoxy groups -OCH3 is 1. The first-order valence-electron chi connectivity index (χ1n) is 6.80. The molecule has 0 heterocycles. The predicted octanol–water partition coefficient (Wildman–Crippen LogP) is 5.31. The van der Waals surface area contributed by atoms with Crippen LogP contribution >= 0.6 is 23.2 Å². The number of carbonyl (C=O) groups excluding carboxylic acids is 1. The van der Waals surface area contributed by atoms with Gasteiger partial charge in [0, 0.05) is 21.0 Å². The normalized spacial score (nSPS) is 10.7. The van der Waals surface area contributed by atoms with Crippen molar-refractivity contribution in [2.24, 2.45) is 0 Å². The third-order valence-electron chi connectivity index (χ3n) is 3.58. The van der Waals surface area contributed by atoms with E-state index >= 15 is 0 Å². The minimum absolute atomic E-state index is 0.0119. The molecule has 0 unspecified atom stereocenters. The first kappa shape index (κ1) is 15.7. The minimum Gasteiger partial charge on any atom is -0.507 e. The molecule has 23 heavy (non-hydrogen) atoms. The molecule has 0 atom stereocenters. The summed E-state index contributed by atoms with van der Waals surface area (Å²) in [5.74, 6) is -0.532. The number of carbonyl (C=O) groups is 1. The molecule has 3 aromatic carbocycles. The summed E-state index contributed by atoms with van der Waals surface area (Å²) < 4.78 is 4.85. The predicted molar refractivity (Wildman–Crippen MR) is 92.4 cm³/mol. The van der Waals surface area contributed by atoms with E-state index in [1.54, 1.807) is 24.3 Å². The van der Waals surface area contributed by atoms with Crippen LogP contribution < -0.4 is 0 Å². The van der Waals surface area contributed by atoms with E-state index in [0.717, 1.165) is 0 Å². The zero-order valence-corrected chi connectivity index (χ0v) is 13.7. The quantitative estimate of drug-likeness (QED) is 0.640. The van der Waals surface area contributed by atoms with Crippen LogP contribution in [0.25, 0.3) is 21.9 Å². The molecule has 0 aliphatic heterocycles. The van der Waals surface area contributed by atoms with Crippen LogP contribution in [0, 0.1) is 0 Å². The van der Waals surface area contributed by atoms with E-state index in [4.69, 9.17) is 27.9 Å². The molecule has 3 rings (SSSR count). The van der Waals surface area contributed by atoms with E-state index in [-0.39, 0.29) is 11.3 Å². The van der Waals surface area contributed by atoms with Crippen molar-refractivity contribution in [3.05, 3.63) is 64.1 Å². The van der Waals surface area contributed by atoms with Crippen molar-refractivity contribution < 1.29 is 14.6 Å². The van der Waals surface area contributed by atoms with E-state index in [9.17, 15) is 9.90 Å². The van der Waals surface area contributed by atoms with Gasteiger partial charge in [-0.1, -0.05) is 47.5 Å². The Morgan fingerprint density at radius 1 is 1.00 bits per heavy atom. The van der Waals surface area contributed by atoms with Crippen LogP contribution in [0.4, 0.5) is 0 Å². The highest BCUT2D eigenvalue weighted by molar-refractivity contribution is 6.35. The van der Waals surface area contributed by atoms with Crippen LogP contribution in [0.1, 0.15) is 10.4 Å². The number of fused-ring (bicyclic) bond motifs is 1. The summed E-state index contributed by atoms with van der Waals surface area (Å²) in [6, 6.07) is 13.7. The zero-order valence-electron chi connectivity index (χ0n) is 12.1. The number of phenols is 1. The van der Waals surface area contributed by atoms with Crippen LogP contribution in [0.5, 0.6) is 5.75 Å². The van der Waals surface area contributed by atoms with Crippen LogP contribution in [-0.4, -0.2) is 18.2 Å². The van der Waals surface area contributed by atoms with Crippen LogP contribution in [0.15, 0.2) is 48.5 Å². The third-order valence-corrected chi connectivity index (χ3v) is 4.02. The Kier molecular flexibility index (Phi) is 4.16. The highest BCUT2D eigenvalue weighted by Crippen LogP contribution is 2.39. The Balaban J connectivity index is 2.45. The highest BCUT2D eigenvalue weighted by Gasteiger charge is 2.19. The maximum absolute atomic E-state index is 12.2. The standard InChI is InChI=1S/C18H12Cl2O3/c1-23-18(22)15-9-16(21)13-4-2-3-5-14(13)17(15)10-6-11(19)8-12(20)7-10/h2-9,21H,1H3. The van der Waals surface area contributed by atoms with Crippen molar-refractivity contribution in [1.29, 1.82) is 0 Å². The summed E-state index contributed by atoms with van der Waals surface area (Å²) in [6.07, 6.45) is 0. The van der Waals surface area contributed by atoms with Crippen molar-refractivity contribution in [3.63, 3.8) is 0 Å². The first-order chi connectivity index (χ1) is 11.0. The lowest BCUT2D eigenvalue weighted by Crippen LogP contribution is -2.04. The van der Waals surface area contributed by atoms with Gasteiger partial charge < -0.3 is 9.84 Å². The van der Waals surface area contributed by atoms with E-state index in [0.29, 0.717) is 31.9 Å². The fourth-order valence-electron chi connectivity index (χ4n) is 2.64. The molecule has 0 bridgehead atoms. The van der Waals surface area contributed by atoms with Crippen molar-refractivity contribution in [1.82, 2.24) is 0 Å². The van der Waals surface area contributed by atoms with Gasteiger partial charge in [-0.3, -0.25) is 0 Å². The molecule has 0 spiro atoms. The van der Waals surface area contributed by atoms with Crippen molar-refractivity contribution in [2.45, 2.75) is 0 Å². The van der Waals surface area contributed by atoms with Gasteiger partial charge in [0.2, 0.25) is 0 Å². The number of ether oxygens (including phenoxy) is 1. The van der Waals surface area contributed by atoms with Gasteiger partial charge in [0.1, 0.15) is 5.75 Å². The van der Waals surface area contributed by atoms with E-state index in [1.165, 1.54) is 13.2 Å². The Labute approximate surface area is 143 Å². The summed E-state index contributed by atoms with van der Waals surface area (Å²) >= 11 is 12.2. The molecule has 0 saturated carbocycles. The Morgan fingerprint density at radius 3 is 2.22 bits per heavy atom. The molecular weight excluding hydrogens is 335 g/mol. The monoisotopic (exact) mass is 346 g/mol. The molecule has 0 amide bonds. The van der Waals surface area contributed by atoms with Gasteiger partial charge in [0.05, 0.1) is 12.7 Å². The zero-order chi connectivity index (χ0) is 16.6. The van der Waals surface area contributed by atoms with Gasteiger partial charge in [0.15, 0.2) is 0 Å². The largest absolute Gasteiger partial charge is 0.507 e. The van der Waals surface area contributed by atoms with Gasteiger partial charge >= 0.3 is 5.97 Å². The average Bonchev–Trinajstić information content (AvgIpc) is 2.53. The number of hydrogen-bond donors (Lipinski definition) is 1. The summed E-state index contributed by atoms with van der Waals surface area (Å²) in [4.78, 5) is 12.2. The summed E-state index contributed by atoms with van der Waals surface area (Å²) in [5, 5.41) is 12.5. The second-order valence-electron chi connectivity index (χ2n) is 5.01. The fraction of sp³-hybridized carbons (Fsp3) is 0.0556. The number of phenolic OH excluding ortho intramolecular Hbond substituents is 1. The number of esters is 1. The molecule has 1 N–H and O–H groups in total. The SMILES string of the molecule is COC(=O)c1cc(O)c2ccccc2c1-c1cc(Cl)cc(Cl)c1. The van der Waals surface area contributed by atoms with Crippen molar-refractivity contribution >= 4 is 39.9 Å². The fourth-order valence-corrected chi connectivity index (χ4v) is 3.16. The van der Waals surface area contributed by atoms with Crippen molar-refractivity contribution in [3.8, 4) is 16.9 Å². The lowest BCUT2D eigenvalue weighted by Gasteiger charge is -2.14. The second-order valence-corrected chi connectivity index (χ2v) is 5.89. The summed E-state index contributed by atoms with van der Waals surface area (Å²) in [7, 11) is 1.29. The molecule has 0 radical (unpaired) electrons. The van der Waals surface area contributed by atoms with E-state index < -0.39 is 5.97 Å². The number of aromatic hydroxyl groups is 1. The molecule has 5 heteroatoms. The van der Waals surface area contributed by atoms with Crippen LogP contribution in [-0.2, 0) is 4.74 Å². The van der Waals surface area contributed by atoms with Gasteiger partial charge in [-0.15, -0.1) is 0 Å². The molecule has 0 aromatic heterocycles. The number of benzene rings is 3. The number of rotatable bonds is 2. The maximum Gasteiger partial charge on any atom is 0.338 e. The molecule has 3 aromatic rings. The Morgan fingerprint density at radius 2 is 1.61 bits per heavy atom. The summed E-state index contributed by atoms with van der Waals surface area (Å²) in [6.45, 7) is 0. The first-order valence-corrected chi connectivity index (χ1v) is 7.56. The van der Waals surface area contributed by atoms with Crippen LogP contribution in [0.2, 0.25) is 10.0 Å². The molecule has 116 valence electrons. The van der Waals surface area contributed by atoms with Crippen molar-refractivity contribution in [2.75, 3.05) is 7.11 Å². The average molecular weight is 347 g/mol. The molecule has 0 aliphatic rings. The molecule has 0 aliphatic carbocycles. The highest BCUT2D eigenvalue weighted by atomic mass is 35.5. The summed E-state index contributed by atoms with van der Waals surface area (Å²) in [5.41, 5.74) is 1.55. The molecule has 0 fully saturated rings. The Bertz CT molecular complexity index is 899. The van der Waals surface area contributed by atoms with Crippen LogP contribution in [0.3, 0.4) is 0 Å². The minimum atomic E-state index is -0.544. The molecular formula is C18H12Cl2O3. The van der Waals surface area contributed by atoms with Gasteiger partial charge in [-0.2, -0.15) is 0 Å². The molecule has 0 saturated heterocycles. The maximum atomic E-state index is 12.2. The van der Waals surface area contributed by atoms with Gasteiger partial charge in [-0.25, -0.2) is 4.79 Å². The van der Waals surface area contributed by atoms with E-state index in [1.807, 2.05) is 18.2 Å². The lowest BCUT2D eigenvalue weighted by molar-refractivity contribution is 0.0601. The lowest BCUT2D eigenvalue weighted by atomic mass is 9.92. The topological polar surface area (TPSA) is 46.5 Å². The van der Waals surface area contributed by atoms with Gasteiger partial charge in [0.25, 0.3) is 0 Å². The smallest absolute Gasteiger partial charge is 0.338 e. The van der Waals surface area contributed by atoms with E-state index in [2.05, 4.69) is 0 Å². The second kappa shape index (κ2) is 6.11. The van der Waals surface area contributed by atoms with Gasteiger partial charge in [-0.05, 0) is 35.2 Å². The number of halogens is 2. The number of hydrogen-bond acceptors (Lipinski definition) is 3. The Hall–Kier alpha value is -2.23.